The minimum absolute atomic E-state index is 0.0169. The van der Waals surface area contributed by atoms with E-state index < -0.39 is 0 Å². The number of benzene rings is 1. The fraction of sp³-hybridized carbons (Fsp3) is 0.462. The second-order valence-electron chi connectivity index (χ2n) is 4.11. The van der Waals surface area contributed by atoms with Crippen LogP contribution in [0.15, 0.2) is 29.2 Å². The van der Waals surface area contributed by atoms with Gasteiger partial charge in [0.05, 0.1) is 10.3 Å². The van der Waals surface area contributed by atoms with Crippen molar-refractivity contribution in [2.75, 3.05) is 6.61 Å². The van der Waals surface area contributed by atoms with E-state index in [0.29, 0.717) is 11.4 Å². The van der Waals surface area contributed by atoms with Gasteiger partial charge in [0.1, 0.15) is 0 Å². The summed E-state index contributed by atoms with van der Waals surface area (Å²) < 4.78 is 0. The summed E-state index contributed by atoms with van der Waals surface area (Å²) >= 11 is 7.47. The highest BCUT2D eigenvalue weighted by molar-refractivity contribution is 8.00. The Morgan fingerprint density at radius 3 is 2.72 bits per heavy atom. The third-order valence-electron chi connectivity index (χ3n) is 2.46. The van der Waals surface area contributed by atoms with Crippen LogP contribution in [-0.2, 0) is 4.79 Å². The smallest absolute Gasteiger partial charge is 0.233 e. The van der Waals surface area contributed by atoms with E-state index in [1.54, 1.807) is 0 Å². The molecule has 5 heteroatoms. The van der Waals surface area contributed by atoms with E-state index in [9.17, 15) is 4.79 Å². The van der Waals surface area contributed by atoms with Crippen molar-refractivity contribution in [2.45, 2.75) is 36.5 Å². The van der Waals surface area contributed by atoms with Crippen LogP contribution in [0.4, 0.5) is 0 Å². The first-order chi connectivity index (χ1) is 8.54. The molecule has 0 aliphatic heterocycles. The zero-order valence-corrected chi connectivity index (χ0v) is 12.1. The van der Waals surface area contributed by atoms with Crippen molar-refractivity contribution < 1.29 is 9.90 Å². The summed E-state index contributed by atoms with van der Waals surface area (Å²) in [6.07, 6.45) is 0.565. The first-order valence-corrected chi connectivity index (χ1v) is 7.12. The zero-order chi connectivity index (χ0) is 13.5. The monoisotopic (exact) mass is 287 g/mol. The number of aliphatic hydroxyl groups excluding tert-OH is 1. The quantitative estimate of drug-likeness (QED) is 0.791. The molecular formula is C13H18ClNO2S. The number of hydrogen-bond donors (Lipinski definition) is 2. The number of rotatable bonds is 6. The lowest BCUT2D eigenvalue weighted by molar-refractivity contribution is -0.120. The summed E-state index contributed by atoms with van der Waals surface area (Å²) in [4.78, 5) is 12.8. The van der Waals surface area contributed by atoms with Crippen molar-refractivity contribution in [3.63, 3.8) is 0 Å². The molecule has 1 amide bonds. The largest absolute Gasteiger partial charge is 0.396 e. The highest BCUT2D eigenvalue weighted by atomic mass is 35.5. The van der Waals surface area contributed by atoms with Crippen molar-refractivity contribution >= 4 is 29.3 Å². The highest BCUT2D eigenvalue weighted by Crippen LogP contribution is 2.29. The summed E-state index contributed by atoms with van der Waals surface area (Å²) in [5.74, 6) is -0.0409. The molecule has 0 saturated carbocycles. The van der Waals surface area contributed by atoms with E-state index in [-0.39, 0.29) is 23.8 Å². The van der Waals surface area contributed by atoms with Gasteiger partial charge >= 0.3 is 0 Å². The standard InChI is InChI=1S/C13H18ClNO2S/c1-9(7-8-16)15-13(17)10(2)18-12-6-4-3-5-11(12)14/h3-6,9-10,16H,7-8H2,1-2H3,(H,15,17)/t9-,10?/m1/s1. The Morgan fingerprint density at radius 1 is 1.44 bits per heavy atom. The van der Waals surface area contributed by atoms with Gasteiger partial charge < -0.3 is 10.4 Å². The van der Waals surface area contributed by atoms with Gasteiger partial charge in [-0.3, -0.25) is 4.79 Å². The van der Waals surface area contributed by atoms with Gasteiger partial charge in [-0.25, -0.2) is 0 Å². The molecule has 3 nitrogen and oxygen atoms in total. The normalized spacial score (nSPS) is 14.0. The molecule has 0 radical (unpaired) electrons. The topological polar surface area (TPSA) is 49.3 Å². The maximum absolute atomic E-state index is 11.9. The molecule has 0 heterocycles. The van der Waals surface area contributed by atoms with Gasteiger partial charge in [0, 0.05) is 17.5 Å². The lowest BCUT2D eigenvalue weighted by atomic mass is 10.2. The molecule has 0 bridgehead atoms. The minimum atomic E-state index is -0.217. The van der Waals surface area contributed by atoms with E-state index in [0.717, 1.165) is 4.90 Å². The number of hydrogen-bond acceptors (Lipinski definition) is 3. The average molecular weight is 288 g/mol. The van der Waals surface area contributed by atoms with Crippen molar-refractivity contribution in [3.05, 3.63) is 29.3 Å². The summed E-state index contributed by atoms with van der Waals surface area (Å²) in [6.45, 7) is 3.80. The van der Waals surface area contributed by atoms with Crippen molar-refractivity contribution in [3.8, 4) is 0 Å². The lowest BCUT2D eigenvalue weighted by Gasteiger charge is -2.16. The number of aliphatic hydroxyl groups is 1. The molecule has 1 rings (SSSR count). The molecule has 1 aromatic rings. The second kappa shape index (κ2) is 7.67. The minimum Gasteiger partial charge on any atom is -0.396 e. The first-order valence-electron chi connectivity index (χ1n) is 5.87. The van der Waals surface area contributed by atoms with Crippen LogP contribution in [0, 0.1) is 0 Å². The predicted octanol–water partition coefficient (Wildman–Crippen LogP) is 2.71. The fourth-order valence-corrected chi connectivity index (χ4v) is 2.57. The number of carbonyl (C=O) groups is 1. The van der Waals surface area contributed by atoms with E-state index in [1.165, 1.54) is 11.8 Å². The number of thioether (sulfide) groups is 1. The predicted molar refractivity (Wildman–Crippen MR) is 76.1 cm³/mol. The van der Waals surface area contributed by atoms with E-state index in [4.69, 9.17) is 16.7 Å². The zero-order valence-electron chi connectivity index (χ0n) is 10.5. The van der Waals surface area contributed by atoms with Crippen molar-refractivity contribution in [1.82, 2.24) is 5.32 Å². The number of amides is 1. The Bertz CT molecular complexity index is 400. The molecule has 0 fully saturated rings. The molecule has 1 aromatic carbocycles. The van der Waals surface area contributed by atoms with Crippen molar-refractivity contribution in [1.29, 1.82) is 0 Å². The molecule has 0 aliphatic rings. The highest BCUT2D eigenvalue weighted by Gasteiger charge is 2.17. The van der Waals surface area contributed by atoms with Crippen LogP contribution in [-0.4, -0.2) is 28.9 Å². The molecule has 1 unspecified atom stereocenters. The van der Waals surface area contributed by atoms with Gasteiger partial charge in [0.2, 0.25) is 5.91 Å². The number of carbonyl (C=O) groups excluding carboxylic acids is 1. The maximum Gasteiger partial charge on any atom is 0.233 e. The maximum atomic E-state index is 11.9. The molecule has 0 saturated heterocycles. The molecule has 2 N–H and O–H groups in total. The Morgan fingerprint density at radius 2 is 2.11 bits per heavy atom. The molecule has 100 valence electrons. The van der Waals surface area contributed by atoms with Crippen LogP contribution < -0.4 is 5.32 Å². The van der Waals surface area contributed by atoms with E-state index >= 15 is 0 Å². The summed E-state index contributed by atoms with van der Waals surface area (Å²) in [5.41, 5.74) is 0. The van der Waals surface area contributed by atoms with Gasteiger partial charge in [-0.1, -0.05) is 23.7 Å². The fourth-order valence-electron chi connectivity index (χ4n) is 1.41. The average Bonchev–Trinajstić information content (AvgIpc) is 2.32. The van der Waals surface area contributed by atoms with Crippen LogP contribution in [0.1, 0.15) is 20.3 Å². The lowest BCUT2D eigenvalue weighted by Crippen LogP contribution is -2.38. The van der Waals surface area contributed by atoms with Crippen LogP contribution in [0.5, 0.6) is 0 Å². The van der Waals surface area contributed by atoms with Crippen LogP contribution in [0.3, 0.4) is 0 Å². The van der Waals surface area contributed by atoms with Crippen LogP contribution >= 0.6 is 23.4 Å². The summed E-state index contributed by atoms with van der Waals surface area (Å²) in [5, 5.41) is 12.1. The van der Waals surface area contributed by atoms with Crippen molar-refractivity contribution in [2.24, 2.45) is 0 Å². The molecule has 0 aliphatic carbocycles. The van der Waals surface area contributed by atoms with Crippen LogP contribution in [0.25, 0.3) is 0 Å². The van der Waals surface area contributed by atoms with Gasteiger partial charge in [-0.15, -0.1) is 11.8 Å². The van der Waals surface area contributed by atoms with Gasteiger partial charge in [0.15, 0.2) is 0 Å². The number of halogens is 1. The number of nitrogens with one attached hydrogen (secondary N) is 1. The molecule has 0 aromatic heterocycles. The Kier molecular flexibility index (Phi) is 6.54. The third-order valence-corrected chi connectivity index (χ3v) is 4.08. The Balaban J connectivity index is 2.52. The molecular weight excluding hydrogens is 270 g/mol. The van der Waals surface area contributed by atoms with Gasteiger partial charge in [-0.05, 0) is 32.4 Å². The molecule has 2 atom stereocenters. The first kappa shape index (κ1) is 15.3. The summed E-state index contributed by atoms with van der Waals surface area (Å²) in [7, 11) is 0. The Labute approximate surface area is 117 Å². The van der Waals surface area contributed by atoms with E-state index in [2.05, 4.69) is 5.32 Å². The summed E-state index contributed by atoms with van der Waals surface area (Å²) in [6, 6.07) is 7.45. The van der Waals surface area contributed by atoms with Gasteiger partial charge in [-0.2, -0.15) is 0 Å². The van der Waals surface area contributed by atoms with E-state index in [1.807, 2.05) is 38.1 Å². The third kappa shape index (κ3) is 4.88. The second-order valence-corrected chi connectivity index (χ2v) is 5.90. The molecule has 0 spiro atoms. The van der Waals surface area contributed by atoms with Crippen LogP contribution in [0.2, 0.25) is 5.02 Å². The molecule has 18 heavy (non-hydrogen) atoms. The Hall–Kier alpha value is -0.710. The van der Waals surface area contributed by atoms with Gasteiger partial charge in [0.25, 0.3) is 0 Å². The SMILES string of the molecule is CC(Sc1ccccc1Cl)C(=O)N[C@H](C)CCO.